The molecule has 2 amide bonds. The maximum atomic E-state index is 13.5. The summed E-state index contributed by atoms with van der Waals surface area (Å²) in [5.41, 5.74) is 0.0883. The highest BCUT2D eigenvalue weighted by atomic mass is 32.2. The number of para-hydroxylation sites is 1. The summed E-state index contributed by atoms with van der Waals surface area (Å²) >= 11 is 2.64. The second-order valence-electron chi connectivity index (χ2n) is 4.99. The summed E-state index contributed by atoms with van der Waals surface area (Å²) in [4.78, 5) is 24.9. The van der Waals surface area contributed by atoms with Crippen LogP contribution in [0.25, 0.3) is 0 Å². The number of carbonyl (C=O) groups is 2. The van der Waals surface area contributed by atoms with Crippen molar-refractivity contribution in [2.75, 3.05) is 5.32 Å². The molecule has 1 aliphatic rings. The fourth-order valence-corrected chi connectivity index (χ4v) is 3.53. The number of anilines is 1. The minimum atomic E-state index is -0.623. The number of carbonyl (C=O) groups excluding carboxylic acids is 2. The molecule has 0 spiro atoms. The lowest BCUT2D eigenvalue weighted by Gasteiger charge is -2.07. The second kappa shape index (κ2) is 8.04. The number of nitrogens with zero attached hydrogens (tertiary/aromatic N) is 2. The lowest BCUT2D eigenvalue weighted by Crippen LogP contribution is -2.28. The van der Waals surface area contributed by atoms with E-state index in [1.807, 2.05) is 17.5 Å². The van der Waals surface area contributed by atoms with Crippen molar-refractivity contribution < 1.29 is 14.0 Å². The molecule has 1 aromatic heterocycles. The molecule has 1 aromatic carbocycles. The highest BCUT2D eigenvalue weighted by Crippen LogP contribution is 2.23. The van der Waals surface area contributed by atoms with Gasteiger partial charge in [0, 0.05) is 11.3 Å². The third kappa shape index (κ3) is 4.74. The summed E-state index contributed by atoms with van der Waals surface area (Å²) in [5, 5.41) is 14.5. The molecule has 0 radical (unpaired) electrons. The van der Waals surface area contributed by atoms with Gasteiger partial charge < -0.3 is 10.6 Å². The largest absolute Gasteiger partial charge is 0.324 e. The highest BCUT2D eigenvalue weighted by molar-refractivity contribution is 8.15. The van der Waals surface area contributed by atoms with Crippen LogP contribution in [-0.2, 0) is 9.59 Å². The number of hydrogen-bond donors (Lipinski definition) is 2. The van der Waals surface area contributed by atoms with Crippen molar-refractivity contribution in [2.45, 2.75) is 11.7 Å². The molecule has 2 aromatic rings. The average molecular weight is 376 g/mol. The SMILES string of the molecule is O=C(CC1SC(=N/N=C/c2cccs2)NC1=O)Nc1ccccc1F. The van der Waals surface area contributed by atoms with Gasteiger partial charge in [0.25, 0.3) is 0 Å². The Morgan fingerprint density at radius 1 is 1.32 bits per heavy atom. The molecule has 1 aliphatic heterocycles. The molecule has 0 saturated carbocycles. The molecule has 6 nitrogen and oxygen atoms in total. The molecule has 0 bridgehead atoms. The van der Waals surface area contributed by atoms with Crippen LogP contribution in [0.5, 0.6) is 0 Å². The molecule has 1 saturated heterocycles. The summed E-state index contributed by atoms with van der Waals surface area (Å²) in [6, 6.07) is 9.65. The first kappa shape index (κ1) is 17.3. The summed E-state index contributed by atoms with van der Waals surface area (Å²) in [6.07, 6.45) is 1.50. The summed E-state index contributed by atoms with van der Waals surface area (Å²) in [5.74, 6) is -1.29. The van der Waals surface area contributed by atoms with E-state index >= 15 is 0 Å². The Bertz CT molecular complexity index is 836. The van der Waals surface area contributed by atoms with Crippen molar-refractivity contribution in [2.24, 2.45) is 10.2 Å². The monoisotopic (exact) mass is 376 g/mol. The van der Waals surface area contributed by atoms with Crippen LogP contribution in [-0.4, -0.2) is 28.4 Å². The number of amides is 2. The molecule has 1 unspecified atom stereocenters. The third-order valence-corrected chi connectivity index (χ3v) is 5.05. The van der Waals surface area contributed by atoms with Crippen molar-refractivity contribution in [1.82, 2.24) is 5.32 Å². The molecule has 3 rings (SSSR count). The van der Waals surface area contributed by atoms with E-state index in [-0.39, 0.29) is 18.0 Å². The number of hydrogen-bond acceptors (Lipinski definition) is 6. The molecule has 2 N–H and O–H groups in total. The Balaban J connectivity index is 1.55. The Morgan fingerprint density at radius 3 is 2.92 bits per heavy atom. The van der Waals surface area contributed by atoms with Crippen LogP contribution >= 0.6 is 23.1 Å². The quantitative estimate of drug-likeness (QED) is 0.622. The smallest absolute Gasteiger partial charge is 0.240 e. The van der Waals surface area contributed by atoms with Gasteiger partial charge in [0.05, 0.1) is 11.9 Å². The van der Waals surface area contributed by atoms with Crippen LogP contribution in [0, 0.1) is 5.82 Å². The molecule has 9 heteroatoms. The minimum Gasteiger partial charge on any atom is -0.324 e. The first-order valence-corrected chi connectivity index (χ1v) is 9.04. The number of halogens is 1. The second-order valence-corrected chi connectivity index (χ2v) is 7.16. The molecular formula is C16H13FN4O2S2. The Labute approximate surface area is 151 Å². The topological polar surface area (TPSA) is 82.9 Å². The minimum absolute atomic E-state index is 0.0848. The fourth-order valence-electron chi connectivity index (χ4n) is 2.02. The van der Waals surface area contributed by atoms with Crippen LogP contribution in [0.15, 0.2) is 52.0 Å². The van der Waals surface area contributed by atoms with Gasteiger partial charge in [0.2, 0.25) is 11.8 Å². The molecular weight excluding hydrogens is 363 g/mol. The Kier molecular flexibility index (Phi) is 5.56. The van der Waals surface area contributed by atoms with Gasteiger partial charge in [-0.25, -0.2) is 4.39 Å². The fraction of sp³-hybridized carbons (Fsp3) is 0.125. The van der Waals surface area contributed by atoms with Gasteiger partial charge in [-0.15, -0.1) is 16.4 Å². The number of nitrogens with one attached hydrogen (secondary N) is 2. The van der Waals surface area contributed by atoms with Crippen LogP contribution in [0.1, 0.15) is 11.3 Å². The van der Waals surface area contributed by atoms with E-state index in [0.717, 1.165) is 16.6 Å². The number of rotatable bonds is 5. The normalized spacial score (nSPS) is 18.7. The third-order valence-electron chi connectivity index (χ3n) is 3.17. The van der Waals surface area contributed by atoms with Gasteiger partial charge in [-0.05, 0) is 23.6 Å². The molecule has 128 valence electrons. The van der Waals surface area contributed by atoms with Gasteiger partial charge in [0.1, 0.15) is 11.1 Å². The van der Waals surface area contributed by atoms with E-state index in [9.17, 15) is 14.0 Å². The number of thioether (sulfide) groups is 1. The molecule has 25 heavy (non-hydrogen) atoms. The maximum absolute atomic E-state index is 13.5. The average Bonchev–Trinajstić information content (AvgIpc) is 3.20. The van der Waals surface area contributed by atoms with Gasteiger partial charge >= 0.3 is 0 Å². The van der Waals surface area contributed by atoms with Crippen molar-refractivity contribution in [3.8, 4) is 0 Å². The van der Waals surface area contributed by atoms with Crippen LogP contribution in [0.3, 0.4) is 0 Å². The van der Waals surface area contributed by atoms with Gasteiger partial charge in [-0.3, -0.25) is 9.59 Å². The maximum Gasteiger partial charge on any atom is 0.240 e. The predicted molar refractivity (Wildman–Crippen MR) is 98.5 cm³/mol. The number of thiophene rings is 1. The molecule has 1 atom stereocenters. The zero-order valence-corrected chi connectivity index (χ0v) is 14.4. The van der Waals surface area contributed by atoms with E-state index in [0.29, 0.717) is 5.17 Å². The molecule has 0 aliphatic carbocycles. The van der Waals surface area contributed by atoms with Gasteiger partial charge in [-0.1, -0.05) is 30.0 Å². The van der Waals surface area contributed by atoms with E-state index in [4.69, 9.17) is 0 Å². The lowest BCUT2D eigenvalue weighted by molar-refractivity contribution is -0.122. The van der Waals surface area contributed by atoms with E-state index in [1.165, 1.54) is 29.5 Å². The van der Waals surface area contributed by atoms with Crippen molar-refractivity contribution in [3.63, 3.8) is 0 Å². The molecule has 1 fully saturated rings. The van der Waals surface area contributed by atoms with Crippen LogP contribution in [0.4, 0.5) is 10.1 Å². The number of amidine groups is 1. The molecule has 2 heterocycles. The van der Waals surface area contributed by atoms with E-state index < -0.39 is 17.0 Å². The Hall–Kier alpha value is -2.52. The Morgan fingerprint density at radius 2 is 2.16 bits per heavy atom. The highest BCUT2D eigenvalue weighted by Gasteiger charge is 2.32. The standard InChI is InChI=1S/C16H13FN4O2S2/c17-11-5-1-2-6-12(11)19-14(22)8-13-15(23)20-16(25-13)21-18-9-10-4-3-7-24-10/h1-7,9,13H,8H2,(H,19,22)(H,20,21,23)/b18-9+. The van der Waals surface area contributed by atoms with Crippen molar-refractivity contribution >= 4 is 52.0 Å². The first-order valence-electron chi connectivity index (χ1n) is 7.28. The van der Waals surface area contributed by atoms with Crippen LogP contribution in [0.2, 0.25) is 0 Å². The van der Waals surface area contributed by atoms with Gasteiger partial charge in [-0.2, -0.15) is 5.10 Å². The summed E-state index contributed by atoms with van der Waals surface area (Å²) in [7, 11) is 0. The zero-order valence-electron chi connectivity index (χ0n) is 12.8. The van der Waals surface area contributed by atoms with Gasteiger partial charge in [0.15, 0.2) is 5.17 Å². The predicted octanol–water partition coefficient (Wildman–Crippen LogP) is 2.84. The van der Waals surface area contributed by atoms with E-state index in [2.05, 4.69) is 20.8 Å². The first-order chi connectivity index (χ1) is 12.1. The lowest BCUT2D eigenvalue weighted by atomic mass is 10.2. The van der Waals surface area contributed by atoms with Crippen molar-refractivity contribution in [3.05, 3.63) is 52.5 Å². The zero-order chi connectivity index (χ0) is 17.6. The number of benzene rings is 1. The summed E-state index contributed by atoms with van der Waals surface area (Å²) < 4.78 is 13.5. The summed E-state index contributed by atoms with van der Waals surface area (Å²) in [6.45, 7) is 0. The van der Waals surface area contributed by atoms with Crippen molar-refractivity contribution in [1.29, 1.82) is 0 Å². The van der Waals surface area contributed by atoms with Crippen LogP contribution < -0.4 is 10.6 Å². The van der Waals surface area contributed by atoms with E-state index in [1.54, 1.807) is 12.3 Å².